The average Bonchev–Trinajstić information content (AvgIpc) is 3.22. The van der Waals surface area contributed by atoms with Gasteiger partial charge in [-0.1, -0.05) is 6.07 Å². The smallest absolute Gasteiger partial charge is 0.335 e. The van der Waals surface area contributed by atoms with Crippen molar-refractivity contribution in [3.05, 3.63) is 29.8 Å². The third-order valence-electron chi connectivity index (χ3n) is 3.10. The molecule has 7 nitrogen and oxygen atoms in total. The molecule has 8 heteroatoms. The first-order valence-corrected chi connectivity index (χ1v) is 7.84. The number of nitrogens with zero attached hydrogens (tertiary/aromatic N) is 1. The minimum absolute atomic E-state index is 0.119. The number of carboxylic acid groups (broad SMARTS) is 1. The molecule has 0 heterocycles. The zero-order valence-corrected chi connectivity index (χ0v) is 12.3. The van der Waals surface area contributed by atoms with Crippen LogP contribution in [-0.4, -0.2) is 49.3 Å². The number of sulfonamides is 1. The van der Waals surface area contributed by atoms with Gasteiger partial charge in [-0.25, -0.2) is 13.2 Å². The molecule has 0 atom stereocenters. The maximum Gasteiger partial charge on any atom is 0.335 e. The molecule has 0 aliphatic heterocycles. The Bertz CT molecular complexity index is 667. The van der Waals surface area contributed by atoms with Gasteiger partial charge >= 0.3 is 5.97 Å². The normalized spacial score (nSPS) is 15.0. The van der Waals surface area contributed by atoms with E-state index >= 15 is 0 Å². The molecule has 21 heavy (non-hydrogen) atoms. The van der Waals surface area contributed by atoms with Crippen molar-refractivity contribution in [1.82, 2.24) is 9.62 Å². The van der Waals surface area contributed by atoms with Crippen molar-refractivity contribution in [3.8, 4) is 0 Å². The molecule has 1 aromatic carbocycles. The van der Waals surface area contributed by atoms with Gasteiger partial charge in [-0.2, -0.15) is 4.31 Å². The molecule has 0 unspecified atom stereocenters. The number of carbonyl (C=O) groups excluding carboxylic acids is 1. The third kappa shape index (κ3) is 3.79. The lowest BCUT2D eigenvalue weighted by molar-refractivity contribution is -0.121. The minimum atomic E-state index is -3.90. The lowest BCUT2D eigenvalue weighted by atomic mass is 10.2. The molecular weight excluding hydrogens is 296 g/mol. The predicted molar refractivity (Wildman–Crippen MR) is 74.4 cm³/mol. The van der Waals surface area contributed by atoms with Crippen LogP contribution in [0.3, 0.4) is 0 Å². The maximum atomic E-state index is 12.3. The number of carboxylic acids is 1. The van der Waals surface area contributed by atoms with Crippen LogP contribution in [0.25, 0.3) is 0 Å². The Balaban J connectivity index is 2.13. The fourth-order valence-corrected chi connectivity index (χ4v) is 2.93. The van der Waals surface area contributed by atoms with Crippen LogP contribution in [0, 0.1) is 0 Å². The number of amides is 1. The molecular formula is C13H16N2O5S. The number of hydrogen-bond acceptors (Lipinski definition) is 4. The lowest BCUT2D eigenvalue weighted by Crippen LogP contribution is -2.39. The third-order valence-corrected chi connectivity index (χ3v) is 4.90. The summed E-state index contributed by atoms with van der Waals surface area (Å²) in [5.41, 5.74) is -0.119. The Morgan fingerprint density at radius 1 is 1.38 bits per heavy atom. The number of benzene rings is 1. The molecule has 1 saturated carbocycles. The van der Waals surface area contributed by atoms with Gasteiger partial charge in [0.2, 0.25) is 15.9 Å². The molecule has 2 N–H and O–H groups in total. The van der Waals surface area contributed by atoms with E-state index in [2.05, 4.69) is 5.32 Å². The van der Waals surface area contributed by atoms with Crippen LogP contribution >= 0.6 is 0 Å². The zero-order chi connectivity index (χ0) is 15.6. The van der Waals surface area contributed by atoms with Crippen LogP contribution in [0.1, 0.15) is 23.2 Å². The Hall–Kier alpha value is -1.93. The number of rotatable bonds is 6. The Morgan fingerprint density at radius 3 is 2.62 bits per heavy atom. The second kappa shape index (κ2) is 5.82. The summed E-state index contributed by atoms with van der Waals surface area (Å²) in [6.07, 6.45) is 1.84. The molecule has 0 spiro atoms. The van der Waals surface area contributed by atoms with E-state index in [9.17, 15) is 18.0 Å². The molecule has 0 bridgehead atoms. The topological polar surface area (TPSA) is 104 Å². The highest BCUT2D eigenvalue weighted by Crippen LogP contribution is 2.19. The summed E-state index contributed by atoms with van der Waals surface area (Å²) in [4.78, 5) is 22.4. The standard InChI is InChI=1S/C13H16N2O5S/c1-15(8-12(16)14-10-5-6-10)21(19,20)11-4-2-3-9(7-11)13(17)18/h2-4,7,10H,5-6,8H2,1H3,(H,14,16)(H,17,18). The molecule has 2 rings (SSSR count). The van der Waals surface area contributed by atoms with E-state index in [4.69, 9.17) is 5.11 Å². The van der Waals surface area contributed by atoms with Gasteiger partial charge in [-0.15, -0.1) is 0 Å². The first kappa shape index (κ1) is 15.5. The van der Waals surface area contributed by atoms with Crippen LogP contribution in [0.5, 0.6) is 0 Å². The van der Waals surface area contributed by atoms with Crippen molar-refractivity contribution in [2.75, 3.05) is 13.6 Å². The summed E-state index contributed by atoms with van der Waals surface area (Å²) >= 11 is 0. The summed E-state index contributed by atoms with van der Waals surface area (Å²) in [6.45, 7) is -0.296. The van der Waals surface area contributed by atoms with Gasteiger partial charge in [-0.3, -0.25) is 4.79 Å². The largest absolute Gasteiger partial charge is 0.478 e. The highest BCUT2D eigenvalue weighted by molar-refractivity contribution is 7.89. The quantitative estimate of drug-likeness (QED) is 0.785. The van der Waals surface area contributed by atoms with Crippen molar-refractivity contribution in [3.63, 3.8) is 0 Å². The highest BCUT2D eigenvalue weighted by atomic mass is 32.2. The van der Waals surface area contributed by atoms with E-state index in [0.29, 0.717) is 0 Å². The van der Waals surface area contributed by atoms with Gasteiger partial charge in [0, 0.05) is 13.1 Å². The van der Waals surface area contributed by atoms with Crippen molar-refractivity contribution in [1.29, 1.82) is 0 Å². The average molecular weight is 312 g/mol. The molecule has 114 valence electrons. The van der Waals surface area contributed by atoms with Crippen molar-refractivity contribution >= 4 is 21.9 Å². The molecule has 1 fully saturated rings. The molecule has 0 radical (unpaired) electrons. The van der Waals surface area contributed by atoms with Crippen LogP contribution in [0.2, 0.25) is 0 Å². The fourth-order valence-electron chi connectivity index (χ4n) is 1.76. The zero-order valence-electron chi connectivity index (χ0n) is 11.4. The Labute approximate surface area is 122 Å². The van der Waals surface area contributed by atoms with Crippen LogP contribution in [0.4, 0.5) is 0 Å². The van der Waals surface area contributed by atoms with Crippen molar-refractivity contribution in [2.24, 2.45) is 0 Å². The first-order chi connectivity index (χ1) is 9.80. The SMILES string of the molecule is CN(CC(=O)NC1CC1)S(=O)(=O)c1cccc(C(=O)O)c1. The Kier molecular flexibility index (Phi) is 4.29. The van der Waals surface area contributed by atoms with E-state index in [-0.39, 0.29) is 29.0 Å². The minimum Gasteiger partial charge on any atom is -0.478 e. The number of hydrogen-bond donors (Lipinski definition) is 2. The van der Waals surface area contributed by atoms with Gasteiger partial charge in [0.1, 0.15) is 0 Å². The number of aromatic carboxylic acids is 1. The summed E-state index contributed by atoms with van der Waals surface area (Å²) in [7, 11) is -2.61. The van der Waals surface area contributed by atoms with Crippen LogP contribution < -0.4 is 5.32 Å². The summed E-state index contributed by atoms with van der Waals surface area (Å²) in [6, 6.07) is 5.20. The second-order valence-electron chi connectivity index (χ2n) is 4.94. The highest BCUT2D eigenvalue weighted by Gasteiger charge is 2.27. The van der Waals surface area contributed by atoms with Gasteiger partial charge < -0.3 is 10.4 Å². The molecule has 0 aromatic heterocycles. The van der Waals surface area contributed by atoms with E-state index < -0.39 is 16.0 Å². The number of likely N-dealkylation sites (N-methyl/N-ethyl adjacent to an activating group) is 1. The van der Waals surface area contributed by atoms with Gasteiger partial charge in [-0.05, 0) is 31.0 Å². The maximum absolute atomic E-state index is 12.3. The van der Waals surface area contributed by atoms with Crippen molar-refractivity contribution in [2.45, 2.75) is 23.8 Å². The van der Waals surface area contributed by atoms with E-state index in [1.54, 1.807) is 0 Å². The number of nitrogens with one attached hydrogen (secondary N) is 1. The fraction of sp³-hybridized carbons (Fsp3) is 0.385. The van der Waals surface area contributed by atoms with E-state index in [1.807, 2.05) is 0 Å². The lowest BCUT2D eigenvalue weighted by Gasteiger charge is -2.17. The first-order valence-electron chi connectivity index (χ1n) is 6.40. The molecule has 1 aliphatic carbocycles. The van der Waals surface area contributed by atoms with E-state index in [0.717, 1.165) is 23.2 Å². The second-order valence-corrected chi connectivity index (χ2v) is 6.98. The van der Waals surface area contributed by atoms with Crippen LogP contribution in [-0.2, 0) is 14.8 Å². The summed E-state index contributed by atoms with van der Waals surface area (Å²) < 4.78 is 25.5. The predicted octanol–water partition coefficient (Wildman–Crippen LogP) is 0.284. The van der Waals surface area contributed by atoms with Crippen LogP contribution in [0.15, 0.2) is 29.2 Å². The molecule has 1 aromatic rings. The number of carbonyl (C=O) groups is 2. The monoisotopic (exact) mass is 312 g/mol. The molecule has 1 aliphatic rings. The molecule has 1 amide bonds. The van der Waals surface area contributed by atoms with Gasteiger partial charge in [0.05, 0.1) is 17.0 Å². The van der Waals surface area contributed by atoms with Gasteiger partial charge in [0.15, 0.2) is 0 Å². The van der Waals surface area contributed by atoms with E-state index in [1.165, 1.54) is 25.2 Å². The summed E-state index contributed by atoms with van der Waals surface area (Å²) in [5.74, 6) is -1.57. The Morgan fingerprint density at radius 2 is 2.05 bits per heavy atom. The summed E-state index contributed by atoms with van der Waals surface area (Å²) in [5, 5.41) is 11.6. The van der Waals surface area contributed by atoms with Crippen molar-refractivity contribution < 1.29 is 23.1 Å². The molecule has 0 saturated heterocycles. The van der Waals surface area contributed by atoms with Gasteiger partial charge in [0.25, 0.3) is 0 Å².